The third kappa shape index (κ3) is 2.26. The maximum atomic E-state index is 12.1. The molecule has 7 nitrogen and oxygen atoms in total. The molecule has 0 aromatic carbocycles. The minimum atomic E-state index is -0.241. The van der Waals surface area contributed by atoms with Crippen LogP contribution in [0.2, 0.25) is 0 Å². The van der Waals surface area contributed by atoms with E-state index in [2.05, 4.69) is 20.4 Å². The van der Waals surface area contributed by atoms with Crippen molar-refractivity contribution in [2.24, 2.45) is 0 Å². The molecule has 1 N–H and O–H groups in total. The lowest BCUT2D eigenvalue weighted by molar-refractivity contribution is 0.0941. The van der Waals surface area contributed by atoms with E-state index in [1.54, 1.807) is 24.7 Å². The van der Waals surface area contributed by atoms with Crippen LogP contribution >= 0.6 is 0 Å². The Bertz CT molecular complexity index is 802. The van der Waals surface area contributed by atoms with Crippen molar-refractivity contribution >= 4 is 11.6 Å². The number of carbonyl (C=O) groups excluding carboxylic acids is 1. The zero-order valence-corrected chi connectivity index (χ0v) is 11.2. The number of nitrogens with zero attached hydrogens (tertiary/aromatic N) is 4. The van der Waals surface area contributed by atoms with Crippen LogP contribution in [0.1, 0.15) is 40.7 Å². The number of amides is 1. The number of nitrogens with one attached hydrogen (secondary N) is 1. The lowest BCUT2D eigenvalue weighted by Gasteiger charge is -2.02. The first-order valence-corrected chi connectivity index (χ1v) is 6.82. The Balaban J connectivity index is 1.46. The number of carbonyl (C=O) groups is 1. The Morgan fingerprint density at radius 1 is 1.43 bits per heavy atom. The van der Waals surface area contributed by atoms with Gasteiger partial charge in [-0.1, -0.05) is 5.16 Å². The first kappa shape index (κ1) is 12.1. The summed E-state index contributed by atoms with van der Waals surface area (Å²) in [4.78, 5) is 20.3. The van der Waals surface area contributed by atoms with Crippen molar-refractivity contribution in [2.45, 2.75) is 25.3 Å². The van der Waals surface area contributed by atoms with Crippen molar-refractivity contribution in [3.05, 3.63) is 48.0 Å². The highest BCUT2D eigenvalue weighted by Gasteiger charge is 2.28. The van der Waals surface area contributed by atoms with Crippen LogP contribution in [0.25, 0.3) is 5.65 Å². The summed E-state index contributed by atoms with van der Waals surface area (Å²) in [5.41, 5.74) is 1.96. The molecular formula is C14H13N5O2. The average molecular weight is 283 g/mol. The van der Waals surface area contributed by atoms with E-state index in [1.807, 2.05) is 10.6 Å². The lowest BCUT2D eigenvalue weighted by atomic mass is 10.3. The van der Waals surface area contributed by atoms with Gasteiger partial charge in [0.25, 0.3) is 5.91 Å². The van der Waals surface area contributed by atoms with Gasteiger partial charge in [0.2, 0.25) is 0 Å². The van der Waals surface area contributed by atoms with E-state index in [0.29, 0.717) is 18.2 Å². The van der Waals surface area contributed by atoms with Gasteiger partial charge in [-0.15, -0.1) is 0 Å². The normalized spacial score (nSPS) is 14.5. The van der Waals surface area contributed by atoms with Gasteiger partial charge in [0, 0.05) is 24.4 Å². The lowest BCUT2D eigenvalue weighted by Crippen LogP contribution is -2.23. The highest BCUT2D eigenvalue weighted by atomic mass is 16.5. The van der Waals surface area contributed by atoms with Crippen LogP contribution in [-0.2, 0) is 6.54 Å². The third-order valence-corrected chi connectivity index (χ3v) is 3.56. The molecule has 4 rings (SSSR count). The summed E-state index contributed by atoms with van der Waals surface area (Å²) < 4.78 is 7.06. The molecule has 3 aromatic rings. The van der Waals surface area contributed by atoms with Crippen LogP contribution in [0, 0.1) is 0 Å². The van der Waals surface area contributed by atoms with Crippen LogP contribution in [-0.4, -0.2) is 25.4 Å². The first-order valence-electron chi connectivity index (χ1n) is 6.82. The predicted molar refractivity (Wildman–Crippen MR) is 72.6 cm³/mol. The second kappa shape index (κ2) is 4.69. The van der Waals surface area contributed by atoms with E-state index in [9.17, 15) is 4.79 Å². The minimum absolute atomic E-state index is 0.241. The molecule has 0 aliphatic heterocycles. The molecule has 106 valence electrons. The van der Waals surface area contributed by atoms with Crippen molar-refractivity contribution in [1.82, 2.24) is 24.8 Å². The predicted octanol–water partition coefficient (Wildman–Crippen LogP) is 1.52. The third-order valence-electron chi connectivity index (χ3n) is 3.56. The van der Waals surface area contributed by atoms with Crippen molar-refractivity contribution < 1.29 is 9.32 Å². The van der Waals surface area contributed by atoms with Crippen molar-refractivity contribution in [3.8, 4) is 0 Å². The van der Waals surface area contributed by atoms with Crippen LogP contribution in [0.15, 0.2) is 35.4 Å². The Hall–Kier alpha value is -2.70. The molecule has 1 aliphatic rings. The maximum absolute atomic E-state index is 12.1. The van der Waals surface area contributed by atoms with Crippen LogP contribution in [0.5, 0.6) is 0 Å². The SMILES string of the molecule is O=C(NCc1cnc2cnccn12)c1cc(C2CC2)on1. The quantitative estimate of drug-likeness (QED) is 0.784. The zero-order valence-electron chi connectivity index (χ0n) is 11.2. The largest absolute Gasteiger partial charge is 0.360 e. The molecular weight excluding hydrogens is 270 g/mol. The highest BCUT2D eigenvalue weighted by Crippen LogP contribution is 2.40. The number of hydrogen-bond donors (Lipinski definition) is 1. The van der Waals surface area contributed by atoms with Crippen LogP contribution < -0.4 is 5.32 Å². The van der Waals surface area contributed by atoms with Crippen LogP contribution in [0.4, 0.5) is 0 Å². The number of aromatic nitrogens is 4. The maximum Gasteiger partial charge on any atom is 0.273 e. The topological polar surface area (TPSA) is 85.3 Å². The van der Waals surface area contributed by atoms with Crippen molar-refractivity contribution in [1.29, 1.82) is 0 Å². The summed E-state index contributed by atoms with van der Waals surface area (Å²) >= 11 is 0. The van der Waals surface area contributed by atoms with Gasteiger partial charge in [-0.2, -0.15) is 0 Å². The van der Waals surface area contributed by atoms with Crippen LogP contribution in [0.3, 0.4) is 0 Å². The molecule has 1 saturated carbocycles. The van der Waals surface area contributed by atoms with Crippen molar-refractivity contribution in [3.63, 3.8) is 0 Å². The van der Waals surface area contributed by atoms with Gasteiger partial charge in [-0.25, -0.2) is 4.98 Å². The van der Waals surface area contributed by atoms with E-state index in [1.165, 1.54) is 0 Å². The molecule has 21 heavy (non-hydrogen) atoms. The molecule has 0 spiro atoms. The molecule has 0 saturated heterocycles. The molecule has 1 aliphatic carbocycles. The van der Waals surface area contributed by atoms with Crippen molar-refractivity contribution in [2.75, 3.05) is 0 Å². The molecule has 0 atom stereocenters. The first-order chi connectivity index (χ1) is 10.3. The summed E-state index contributed by atoms with van der Waals surface area (Å²) in [7, 11) is 0. The Morgan fingerprint density at radius 2 is 2.33 bits per heavy atom. The molecule has 1 fully saturated rings. The number of fused-ring (bicyclic) bond motifs is 1. The summed E-state index contributed by atoms with van der Waals surface area (Å²) in [5.74, 6) is 1.01. The summed E-state index contributed by atoms with van der Waals surface area (Å²) in [5, 5.41) is 6.64. The average Bonchev–Trinajstić information content (AvgIpc) is 3.11. The molecule has 0 unspecified atom stereocenters. The van der Waals surface area contributed by atoms with Gasteiger partial charge in [0.1, 0.15) is 5.76 Å². The van der Waals surface area contributed by atoms with E-state index in [0.717, 1.165) is 29.9 Å². The second-order valence-corrected chi connectivity index (χ2v) is 5.13. The fraction of sp³-hybridized carbons (Fsp3) is 0.286. The molecule has 3 heterocycles. The Labute approximate surface area is 120 Å². The number of rotatable bonds is 4. The monoisotopic (exact) mass is 283 g/mol. The molecule has 1 amide bonds. The van der Waals surface area contributed by atoms with E-state index in [-0.39, 0.29) is 5.91 Å². The van der Waals surface area contributed by atoms with Gasteiger partial charge in [-0.3, -0.25) is 14.2 Å². The molecule has 7 heteroatoms. The number of imidazole rings is 1. The summed E-state index contributed by atoms with van der Waals surface area (Å²) in [6.45, 7) is 0.371. The van der Waals surface area contributed by atoms with Gasteiger partial charge in [0.05, 0.1) is 24.6 Å². The summed E-state index contributed by atoms with van der Waals surface area (Å²) in [6.07, 6.45) is 9.11. The van der Waals surface area contributed by atoms with E-state index in [4.69, 9.17) is 4.52 Å². The van der Waals surface area contributed by atoms with Gasteiger partial charge in [-0.05, 0) is 12.8 Å². The smallest absolute Gasteiger partial charge is 0.273 e. The minimum Gasteiger partial charge on any atom is -0.360 e. The molecule has 0 radical (unpaired) electrons. The fourth-order valence-electron chi connectivity index (χ4n) is 2.24. The highest BCUT2D eigenvalue weighted by molar-refractivity contribution is 5.92. The second-order valence-electron chi connectivity index (χ2n) is 5.13. The molecule has 0 bridgehead atoms. The van der Waals surface area contributed by atoms with Gasteiger partial charge in [0.15, 0.2) is 11.3 Å². The standard InChI is InChI=1S/C14H13N5O2/c20-14(11-5-12(21-18-11)9-1-2-9)17-7-10-6-16-13-8-15-3-4-19(10)13/h3-6,8-9H,1-2,7H2,(H,17,20). The van der Waals surface area contributed by atoms with E-state index < -0.39 is 0 Å². The number of hydrogen-bond acceptors (Lipinski definition) is 5. The van der Waals surface area contributed by atoms with E-state index >= 15 is 0 Å². The van der Waals surface area contributed by atoms with Gasteiger partial charge >= 0.3 is 0 Å². The zero-order chi connectivity index (χ0) is 14.2. The fourth-order valence-corrected chi connectivity index (χ4v) is 2.24. The molecule has 3 aromatic heterocycles. The Morgan fingerprint density at radius 3 is 3.19 bits per heavy atom. The summed E-state index contributed by atoms with van der Waals surface area (Å²) in [6, 6.07) is 1.73. The Kier molecular flexibility index (Phi) is 2.70. The van der Waals surface area contributed by atoms with Gasteiger partial charge < -0.3 is 9.84 Å².